The van der Waals surface area contributed by atoms with Crippen LogP contribution in [0, 0.1) is 12.7 Å². The van der Waals surface area contributed by atoms with Gasteiger partial charge in [0.15, 0.2) is 0 Å². The van der Waals surface area contributed by atoms with Crippen LogP contribution in [-0.4, -0.2) is 4.37 Å². The normalized spacial score (nSPS) is 10.7. The third kappa shape index (κ3) is 1.01. The first-order valence-corrected chi connectivity index (χ1v) is 4.06. The van der Waals surface area contributed by atoms with Crippen molar-refractivity contribution in [3.63, 3.8) is 0 Å². The quantitative estimate of drug-likeness (QED) is 0.588. The molecule has 56 valence electrons. The minimum Gasteiger partial charge on any atom is -0.207 e. The van der Waals surface area contributed by atoms with Crippen LogP contribution < -0.4 is 0 Å². The summed E-state index contributed by atoms with van der Waals surface area (Å²) < 4.78 is 17.7. The highest BCUT2D eigenvalue weighted by Gasteiger charge is 2.01. The van der Waals surface area contributed by atoms with Crippen molar-refractivity contribution < 1.29 is 4.39 Å². The summed E-state index contributed by atoms with van der Waals surface area (Å²) in [5, 5.41) is 1.05. The molecule has 0 bridgehead atoms. The van der Waals surface area contributed by atoms with Gasteiger partial charge in [-0.2, -0.15) is 4.37 Å². The summed E-state index contributed by atoms with van der Waals surface area (Å²) in [4.78, 5) is 0. The molecule has 1 aromatic heterocycles. The fourth-order valence-corrected chi connectivity index (χ4v) is 1.85. The number of benzene rings is 1. The summed E-state index contributed by atoms with van der Waals surface area (Å²) in [7, 11) is 0. The first-order valence-electron chi connectivity index (χ1n) is 3.29. The maximum Gasteiger partial charge on any atom is 0.124 e. The molecule has 1 aromatic carbocycles. The molecule has 0 aliphatic carbocycles. The second-order valence-electron chi connectivity index (χ2n) is 2.41. The molecule has 2 rings (SSSR count). The fourth-order valence-electron chi connectivity index (χ4n) is 1.04. The Morgan fingerprint density at radius 3 is 3.09 bits per heavy atom. The van der Waals surface area contributed by atoms with Gasteiger partial charge in [0.05, 0.1) is 10.4 Å². The number of aromatic nitrogens is 1. The molecule has 3 heteroatoms. The second kappa shape index (κ2) is 2.27. The Hall–Kier alpha value is -0.960. The lowest BCUT2D eigenvalue weighted by Gasteiger charge is -1.88. The van der Waals surface area contributed by atoms with Crippen LogP contribution in [0.5, 0.6) is 0 Å². The van der Waals surface area contributed by atoms with Crippen LogP contribution in [0.4, 0.5) is 4.39 Å². The van der Waals surface area contributed by atoms with Crippen LogP contribution in [-0.2, 0) is 0 Å². The summed E-state index contributed by atoms with van der Waals surface area (Å²) in [6.07, 6.45) is 0. The molecule has 2 aromatic rings. The molecule has 0 saturated heterocycles. The molecule has 0 spiro atoms. The average molecular weight is 167 g/mol. The van der Waals surface area contributed by atoms with Crippen molar-refractivity contribution in [2.45, 2.75) is 6.92 Å². The van der Waals surface area contributed by atoms with Crippen LogP contribution in [0.25, 0.3) is 10.1 Å². The highest BCUT2D eigenvalue weighted by Crippen LogP contribution is 2.22. The number of aryl methyl sites for hydroxylation is 1. The van der Waals surface area contributed by atoms with Gasteiger partial charge in [-0.05, 0) is 36.7 Å². The molecule has 0 amide bonds. The minimum absolute atomic E-state index is 0.193. The molecule has 0 aliphatic heterocycles. The van der Waals surface area contributed by atoms with Crippen LogP contribution >= 0.6 is 11.5 Å². The van der Waals surface area contributed by atoms with Crippen molar-refractivity contribution in [2.24, 2.45) is 0 Å². The number of fused-ring (bicyclic) bond motifs is 1. The molecule has 11 heavy (non-hydrogen) atoms. The van der Waals surface area contributed by atoms with Gasteiger partial charge in [-0.3, -0.25) is 0 Å². The van der Waals surface area contributed by atoms with E-state index in [0.717, 1.165) is 15.8 Å². The van der Waals surface area contributed by atoms with Crippen LogP contribution in [0.2, 0.25) is 0 Å². The Morgan fingerprint density at radius 1 is 1.45 bits per heavy atom. The standard InChI is InChI=1S/C8H6FNS/c1-5-7-3-2-6(9)4-8(7)11-10-5/h2-4H,1H3. The van der Waals surface area contributed by atoms with E-state index < -0.39 is 0 Å². The highest BCUT2D eigenvalue weighted by atomic mass is 32.1. The predicted molar refractivity (Wildman–Crippen MR) is 44.3 cm³/mol. The molecular formula is C8H6FNS. The molecular weight excluding hydrogens is 161 g/mol. The smallest absolute Gasteiger partial charge is 0.124 e. The molecule has 1 heterocycles. The van der Waals surface area contributed by atoms with E-state index in [0.29, 0.717) is 0 Å². The number of rotatable bonds is 0. The maximum absolute atomic E-state index is 12.6. The number of halogens is 1. The SMILES string of the molecule is Cc1nsc2cc(F)ccc12. The van der Waals surface area contributed by atoms with E-state index in [-0.39, 0.29) is 5.82 Å². The molecule has 0 saturated carbocycles. The Morgan fingerprint density at radius 2 is 2.27 bits per heavy atom. The zero-order valence-corrected chi connectivity index (χ0v) is 6.78. The van der Waals surface area contributed by atoms with Gasteiger partial charge >= 0.3 is 0 Å². The van der Waals surface area contributed by atoms with Crippen LogP contribution in [0.3, 0.4) is 0 Å². The van der Waals surface area contributed by atoms with Crippen molar-refractivity contribution in [3.05, 3.63) is 29.7 Å². The van der Waals surface area contributed by atoms with Gasteiger partial charge in [0.2, 0.25) is 0 Å². The van der Waals surface area contributed by atoms with Crippen molar-refractivity contribution >= 4 is 21.6 Å². The van der Waals surface area contributed by atoms with Gasteiger partial charge in [-0.25, -0.2) is 4.39 Å². The van der Waals surface area contributed by atoms with Gasteiger partial charge in [0, 0.05) is 5.39 Å². The van der Waals surface area contributed by atoms with E-state index in [9.17, 15) is 4.39 Å². The van der Waals surface area contributed by atoms with Gasteiger partial charge in [0.1, 0.15) is 5.82 Å². The zero-order valence-electron chi connectivity index (χ0n) is 5.97. The second-order valence-corrected chi connectivity index (χ2v) is 3.21. The number of nitrogens with zero attached hydrogens (tertiary/aromatic N) is 1. The summed E-state index contributed by atoms with van der Waals surface area (Å²) in [6, 6.07) is 4.74. The van der Waals surface area contributed by atoms with E-state index in [1.165, 1.54) is 23.7 Å². The summed E-state index contributed by atoms with van der Waals surface area (Å²) in [5.74, 6) is -0.193. The lowest BCUT2D eigenvalue weighted by Crippen LogP contribution is -1.72. The van der Waals surface area contributed by atoms with E-state index in [4.69, 9.17) is 0 Å². The van der Waals surface area contributed by atoms with E-state index in [1.807, 2.05) is 6.92 Å². The fraction of sp³-hybridized carbons (Fsp3) is 0.125. The highest BCUT2D eigenvalue weighted by molar-refractivity contribution is 7.13. The number of hydrogen-bond donors (Lipinski definition) is 0. The van der Waals surface area contributed by atoms with Crippen molar-refractivity contribution in [3.8, 4) is 0 Å². The van der Waals surface area contributed by atoms with E-state index in [1.54, 1.807) is 6.07 Å². The molecule has 0 aliphatic rings. The topological polar surface area (TPSA) is 12.9 Å². The van der Waals surface area contributed by atoms with Gasteiger partial charge in [-0.15, -0.1) is 0 Å². The Kier molecular flexibility index (Phi) is 1.39. The number of hydrogen-bond acceptors (Lipinski definition) is 2. The first kappa shape index (κ1) is 6.73. The first-order chi connectivity index (χ1) is 5.27. The van der Waals surface area contributed by atoms with Gasteiger partial charge in [0.25, 0.3) is 0 Å². The van der Waals surface area contributed by atoms with Crippen LogP contribution in [0.15, 0.2) is 18.2 Å². The summed E-state index contributed by atoms with van der Waals surface area (Å²) in [6.45, 7) is 1.93. The molecule has 0 radical (unpaired) electrons. The van der Waals surface area contributed by atoms with Crippen molar-refractivity contribution in [1.29, 1.82) is 0 Å². The minimum atomic E-state index is -0.193. The Bertz CT molecular complexity index is 394. The van der Waals surface area contributed by atoms with Gasteiger partial charge < -0.3 is 0 Å². The largest absolute Gasteiger partial charge is 0.207 e. The monoisotopic (exact) mass is 167 g/mol. The Labute approximate surface area is 67.6 Å². The lowest BCUT2D eigenvalue weighted by atomic mass is 10.2. The average Bonchev–Trinajstić information content (AvgIpc) is 2.32. The predicted octanol–water partition coefficient (Wildman–Crippen LogP) is 2.74. The van der Waals surface area contributed by atoms with Crippen LogP contribution in [0.1, 0.15) is 5.69 Å². The maximum atomic E-state index is 12.6. The molecule has 0 N–H and O–H groups in total. The van der Waals surface area contributed by atoms with E-state index >= 15 is 0 Å². The van der Waals surface area contributed by atoms with Gasteiger partial charge in [-0.1, -0.05) is 0 Å². The van der Waals surface area contributed by atoms with E-state index in [2.05, 4.69) is 4.37 Å². The molecule has 0 fully saturated rings. The van der Waals surface area contributed by atoms with Crippen molar-refractivity contribution in [2.75, 3.05) is 0 Å². The third-order valence-corrected chi connectivity index (χ3v) is 2.51. The lowest BCUT2D eigenvalue weighted by molar-refractivity contribution is 0.630. The molecule has 0 atom stereocenters. The van der Waals surface area contributed by atoms with Crippen molar-refractivity contribution in [1.82, 2.24) is 4.37 Å². The zero-order chi connectivity index (χ0) is 7.84. The molecule has 0 unspecified atom stereocenters. The third-order valence-electron chi connectivity index (χ3n) is 1.61. The summed E-state index contributed by atoms with van der Waals surface area (Å²) in [5.41, 5.74) is 0.977. The summed E-state index contributed by atoms with van der Waals surface area (Å²) >= 11 is 1.34. The molecule has 1 nitrogen and oxygen atoms in total. The Balaban J connectivity index is 2.86.